The van der Waals surface area contributed by atoms with Crippen molar-refractivity contribution >= 4 is 45.5 Å². The number of anilines is 1. The average Bonchev–Trinajstić information content (AvgIpc) is 3.28. The molecule has 0 atom stereocenters. The number of hydrogen-bond donors (Lipinski definition) is 3. The number of nitrogens with one attached hydrogen (secondary N) is 2. The highest BCUT2D eigenvalue weighted by Crippen LogP contribution is 2.28. The van der Waals surface area contributed by atoms with E-state index in [0.29, 0.717) is 42.7 Å². The van der Waals surface area contributed by atoms with Crippen LogP contribution in [0, 0.1) is 5.82 Å². The van der Waals surface area contributed by atoms with Crippen LogP contribution in [-0.2, 0) is 13.0 Å². The molecule has 3 N–H and O–H groups in total. The van der Waals surface area contributed by atoms with E-state index in [1.165, 1.54) is 12.1 Å². The number of aromatic nitrogens is 1. The van der Waals surface area contributed by atoms with Crippen LogP contribution in [0.25, 0.3) is 10.9 Å². The third-order valence-electron chi connectivity index (χ3n) is 5.78. The van der Waals surface area contributed by atoms with Gasteiger partial charge in [0.1, 0.15) is 11.6 Å². The van der Waals surface area contributed by atoms with E-state index in [0.717, 1.165) is 27.8 Å². The van der Waals surface area contributed by atoms with Gasteiger partial charge in [-0.25, -0.2) is 4.39 Å². The molecule has 9 heteroatoms. The van der Waals surface area contributed by atoms with E-state index in [1.807, 2.05) is 42.3 Å². The molecule has 1 heterocycles. The Kier molecular flexibility index (Phi) is 8.18. The molecule has 1 aromatic heterocycles. The molecule has 0 amide bonds. The van der Waals surface area contributed by atoms with Crippen LogP contribution < -0.4 is 14.8 Å². The molecule has 0 aliphatic rings. The summed E-state index contributed by atoms with van der Waals surface area (Å²) in [5.74, 6) is 0.801. The number of phenolic OH excluding ortho intramolecular Hbond substituents is 1. The minimum absolute atomic E-state index is 0.0157. The van der Waals surface area contributed by atoms with Crippen LogP contribution in [0.5, 0.6) is 17.2 Å². The second-order valence-electron chi connectivity index (χ2n) is 8.19. The van der Waals surface area contributed by atoms with E-state index in [9.17, 15) is 9.50 Å². The second-order valence-corrected chi connectivity index (χ2v) is 8.99. The first-order valence-electron chi connectivity index (χ1n) is 11.5. The van der Waals surface area contributed by atoms with Crippen molar-refractivity contribution in [2.24, 2.45) is 0 Å². The number of phenols is 1. The summed E-state index contributed by atoms with van der Waals surface area (Å²) in [5, 5.41) is 14.8. The van der Waals surface area contributed by atoms with E-state index < -0.39 is 5.82 Å². The predicted octanol–water partition coefficient (Wildman–Crippen LogP) is 6.52. The number of thiocarbonyl (C=S) groups is 1. The Morgan fingerprint density at radius 3 is 2.75 bits per heavy atom. The molecule has 0 fully saturated rings. The molecule has 0 radical (unpaired) electrons. The van der Waals surface area contributed by atoms with Gasteiger partial charge in [0.2, 0.25) is 0 Å². The lowest BCUT2D eigenvalue weighted by atomic mass is 10.1. The molecule has 0 aliphatic carbocycles. The molecule has 4 aromatic rings. The summed E-state index contributed by atoms with van der Waals surface area (Å²) in [4.78, 5) is 5.31. The zero-order valence-electron chi connectivity index (χ0n) is 20.0. The highest BCUT2D eigenvalue weighted by Gasteiger charge is 2.15. The Bertz CT molecular complexity index is 1380. The summed E-state index contributed by atoms with van der Waals surface area (Å²) in [5.41, 5.74) is 3.66. The molecule has 0 saturated heterocycles. The number of H-pyrrole nitrogens is 1. The van der Waals surface area contributed by atoms with Crippen molar-refractivity contribution < 1.29 is 19.0 Å². The van der Waals surface area contributed by atoms with Crippen molar-refractivity contribution in [3.8, 4) is 17.2 Å². The van der Waals surface area contributed by atoms with Gasteiger partial charge in [0.05, 0.1) is 18.7 Å². The summed E-state index contributed by atoms with van der Waals surface area (Å²) < 4.78 is 24.6. The van der Waals surface area contributed by atoms with Crippen LogP contribution in [0.4, 0.5) is 10.1 Å². The summed E-state index contributed by atoms with van der Waals surface area (Å²) in [6.07, 6.45) is 2.70. The van der Waals surface area contributed by atoms with Crippen LogP contribution in [0.2, 0.25) is 5.02 Å². The van der Waals surface area contributed by atoms with Gasteiger partial charge in [-0.15, -0.1) is 0 Å². The number of halogens is 2. The fraction of sp³-hybridized carbons (Fsp3) is 0.222. The maximum absolute atomic E-state index is 13.6. The Balaban J connectivity index is 1.58. The minimum atomic E-state index is -0.493. The molecular weight excluding hydrogens is 501 g/mol. The maximum Gasteiger partial charge on any atom is 0.173 e. The molecule has 0 unspecified atom stereocenters. The van der Waals surface area contributed by atoms with Gasteiger partial charge in [0.25, 0.3) is 0 Å². The number of methoxy groups -OCH3 is 1. The number of aromatic amines is 1. The van der Waals surface area contributed by atoms with Gasteiger partial charge in [0, 0.05) is 35.9 Å². The number of ether oxygens (including phenoxy) is 2. The van der Waals surface area contributed by atoms with Crippen molar-refractivity contribution in [3.63, 3.8) is 0 Å². The molecule has 36 heavy (non-hydrogen) atoms. The van der Waals surface area contributed by atoms with Crippen molar-refractivity contribution in [2.75, 3.05) is 25.6 Å². The highest BCUT2D eigenvalue weighted by molar-refractivity contribution is 7.80. The SMILES string of the molecule is CCOc1cc(CN(CCc2c[nH]c3ccc(OC)cc23)C(=S)Nc2ccc(F)c(Cl)c2)ccc1O. The molecule has 0 bridgehead atoms. The van der Waals surface area contributed by atoms with E-state index >= 15 is 0 Å². The van der Waals surface area contributed by atoms with Crippen molar-refractivity contribution in [3.05, 3.63) is 82.8 Å². The zero-order chi connectivity index (χ0) is 25.7. The third-order valence-corrected chi connectivity index (χ3v) is 6.43. The van der Waals surface area contributed by atoms with E-state index in [1.54, 1.807) is 25.3 Å². The standard InChI is InChI=1S/C27H27ClFN3O3S/c1-3-35-26-12-17(4-9-25(26)33)16-32(27(36)31-19-5-7-23(29)22(28)13-19)11-10-18-15-30-24-8-6-20(34-2)14-21(18)24/h4-9,12-15,30,33H,3,10-11,16H2,1-2H3,(H,31,36). The summed E-state index contributed by atoms with van der Waals surface area (Å²) in [6.45, 7) is 3.36. The zero-order valence-corrected chi connectivity index (χ0v) is 21.5. The van der Waals surface area contributed by atoms with Gasteiger partial charge in [0.15, 0.2) is 16.6 Å². The van der Waals surface area contributed by atoms with Crippen LogP contribution in [-0.4, -0.2) is 40.4 Å². The topological polar surface area (TPSA) is 69.8 Å². The van der Waals surface area contributed by atoms with Crippen molar-refractivity contribution in [1.82, 2.24) is 9.88 Å². The fourth-order valence-electron chi connectivity index (χ4n) is 3.92. The Morgan fingerprint density at radius 2 is 2.00 bits per heavy atom. The Hall–Kier alpha value is -3.49. The molecule has 6 nitrogen and oxygen atoms in total. The lowest BCUT2D eigenvalue weighted by Gasteiger charge is -2.26. The fourth-order valence-corrected chi connectivity index (χ4v) is 4.38. The Morgan fingerprint density at radius 1 is 1.17 bits per heavy atom. The van der Waals surface area contributed by atoms with Gasteiger partial charge < -0.3 is 29.8 Å². The maximum atomic E-state index is 13.6. The molecule has 188 valence electrons. The second kappa shape index (κ2) is 11.5. The minimum Gasteiger partial charge on any atom is -0.504 e. The predicted molar refractivity (Wildman–Crippen MR) is 146 cm³/mol. The summed E-state index contributed by atoms with van der Waals surface area (Å²) >= 11 is 11.7. The smallest absolute Gasteiger partial charge is 0.173 e. The highest BCUT2D eigenvalue weighted by atomic mass is 35.5. The lowest BCUT2D eigenvalue weighted by molar-refractivity contribution is 0.317. The number of benzene rings is 3. The lowest BCUT2D eigenvalue weighted by Crippen LogP contribution is -2.35. The van der Waals surface area contributed by atoms with Gasteiger partial charge >= 0.3 is 0 Å². The number of hydrogen-bond acceptors (Lipinski definition) is 4. The third kappa shape index (κ3) is 6.01. The molecular formula is C27H27ClFN3O3S. The van der Waals surface area contributed by atoms with Gasteiger partial charge in [-0.3, -0.25) is 0 Å². The van der Waals surface area contributed by atoms with Crippen LogP contribution in [0.1, 0.15) is 18.1 Å². The molecule has 0 spiro atoms. The van der Waals surface area contributed by atoms with Crippen LogP contribution in [0.3, 0.4) is 0 Å². The van der Waals surface area contributed by atoms with Crippen LogP contribution >= 0.6 is 23.8 Å². The number of nitrogens with zero attached hydrogens (tertiary/aromatic N) is 1. The average molecular weight is 528 g/mol. The largest absolute Gasteiger partial charge is 0.504 e. The van der Waals surface area contributed by atoms with Gasteiger partial charge in [-0.2, -0.15) is 0 Å². The van der Waals surface area contributed by atoms with Crippen LogP contribution in [0.15, 0.2) is 60.8 Å². The number of fused-ring (bicyclic) bond motifs is 1. The van der Waals surface area contributed by atoms with Gasteiger partial charge in [-0.1, -0.05) is 17.7 Å². The molecule has 3 aromatic carbocycles. The van der Waals surface area contributed by atoms with Gasteiger partial charge in [-0.05, 0) is 85.2 Å². The summed E-state index contributed by atoms with van der Waals surface area (Å²) in [7, 11) is 1.65. The number of aromatic hydroxyl groups is 1. The van der Waals surface area contributed by atoms with Crippen molar-refractivity contribution in [2.45, 2.75) is 19.9 Å². The monoisotopic (exact) mass is 527 g/mol. The van der Waals surface area contributed by atoms with Crippen molar-refractivity contribution in [1.29, 1.82) is 0 Å². The first-order valence-corrected chi connectivity index (χ1v) is 12.3. The molecule has 0 aliphatic heterocycles. The first kappa shape index (κ1) is 25.6. The van der Waals surface area contributed by atoms with E-state index in [2.05, 4.69) is 10.3 Å². The van der Waals surface area contributed by atoms with E-state index in [-0.39, 0.29) is 10.8 Å². The number of rotatable bonds is 9. The molecule has 0 saturated carbocycles. The quantitative estimate of drug-likeness (QED) is 0.215. The molecule has 4 rings (SSSR count). The normalized spacial score (nSPS) is 10.9. The Labute approximate surface area is 219 Å². The van der Waals surface area contributed by atoms with E-state index in [4.69, 9.17) is 33.3 Å². The first-order chi connectivity index (χ1) is 17.4. The summed E-state index contributed by atoms with van der Waals surface area (Å²) in [6, 6.07) is 15.6.